The molecule has 3 aromatic carbocycles. The van der Waals surface area contributed by atoms with Gasteiger partial charge < -0.3 is 9.47 Å². The van der Waals surface area contributed by atoms with Crippen LogP contribution in [0.15, 0.2) is 79.3 Å². The van der Waals surface area contributed by atoms with Gasteiger partial charge in [0.2, 0.25) is 0 Å². The Morgan fingerprint density at radius 1 is 0.949 bits per heavy atom. The van der Waals surface area contributed by atoms with Gasteiger partial charge in [0.05, 0.1) is 18.0 Å². The number of fused-ring (bicyclic) bond motifs is 1. The smallest absolute Gasteiger partial charge is 0.327 e. The van der Waals surface area contributed by atoms with E-state index in [0.29, 0.717) is 38.0 Å². The topological polar surface area (TPSA) is 82.2 Å². The number of nitriles is 1. The van der Waals surface area contributed by atoms with E-state index in [1.165, 1.54) is 4.90 Å². The van der Waals surface area contributed by atoms with Crippen molar-refractivity contribution in [2.75, 3.05) is 13.1 Å². The van der Waals surface area contributed by atoms with Crippen molar-refractivity contribution in [2.45, 2.75) is 51.6 Å². The SMILES string of the molecule is CCCCN1C(=O)N(CCCc2cncn2Cc2ccc(C#N)cc2)C(=O)C1(C)c1cccc2ccccc12. The van der Waals surface area contributed by atoms with E-state index >= 15 is 0 Å². The monoisotopic (exact) mass is 519 g/mol. The third-order valence-corrected chi connectivity index (χ3v) is 7.76. The van der Waals surface area contributed by atoms with Gasteiger partial charge in [-0.25, -0.2) is 9.78 Å². The molecule has 0 aliphatic carbocycles. The average Bonchev–Trinajstić information content (AvgIpc) is 3.48. The van der Waals surface area contributed by atoms with Crippen LogP contribution >= 0.6 is 0 Å². The van der Waals surface area contributed by atoms with E-state index in [9.17, 15) is 9.59 Å². The molecule has 5 rings (SSSR count). The molecule has 1 atom stereocenters. The molecule has 2 heterocycles. The number of benzene rings is 3. The second-order valence-electron chi connectivity index (χ2n) is 10.3. The summed E-state index contributed by atoms with van der Waals surface area (Å²) in [7, 11) is 0. The van der Waals surface area contributed by atoms with E-state index in [1.54, 1.807) is 11.2 Å². The predicted octanol–water partition coefficient (Wildman–Crippen LogP) is 5.87. The van der Waals surface area contributed by atoms with Gasteiger partial charge in [-0.1, -0.05) is 67.9 Å². The molecule has 0 N–H and O–H groups in total. The molecule has 39 heavy (non-hydrogen) atoms. The largest absolute Gasteiger partial charge is 0.330 e. The van der Waals surface area contributed by atoms with Gasteiger partial charge in [0.15, 0.2) is 0 Å². The number of imidazole rings is 1. The van der Waals surface area contributed by atoms with Crippen molar-refractivity contribution in [2.24, 2.45) is 0 Å². The van der Waals surface area contributed by atoms with Crippen LogP contribution < -0.4 is 0 Å². The standard InChI is InChI=1S/C32H33N5O2/c1-3-4-19-37-31(39)36(30(38)32(37,2)29-13-7-10-26-9-5-6-12-28(26)29)18-8-11-27-21-34-23-35(27)22-25-16-14-24(20-33)15-17-25/h5-7,9-10,12-17,21,23H,3-4,8,11,18-19,22H2,1-2H3. The van der Waals surface area contributed by atoms with E-state index in [-0.39, 0.29) is 11.9 Å². The molecule has 7 nitrogen and oxygen atoms in total. The highest BCUT2D eigenvalue weighted by Crippen LogP contribution is 2.40. The third kappa shape index (κ3) is 4.90. The van der Waals surface area contributed by atoms with Gasteiger partial charge in [-0.15, -0.1) is 0 Å². The zero-order valence-corrected chi connectivity index (χ0v) is 22.5. The lowest BCUT2D eigenvalue weighted by molar-refractivity contribution is -0.133. The van der Waals surface area contributed by atoms with Crippen molar-refractivity contribution in [3.63, 3.8) is 0 Å². The van der Waals surface area contributed by atoms with E-state index in [2.05, 4.69) is 22.5 Å². The average molecular weight is 520 g/mol. The van der Waals surface area contributed by atoms with Crippen LogP contribution in [0.25, 0.3) is 10.8 Å². The summed E-state index contributed by atoms with van der Waals surface area (Å²) in [6.45, 7) is 5.53. The molecule has 1 saturated heterocycles. The molecule has 1 aliphatic rings. The first-order valence-electron chi connectivity index (χ1n) is 13.6. The van der Waals surface area contributed by atoms with Crippen molar-refractivity contribution in [1.82, 2.24) is 19.4 Å². The molecule has 0 radical (unpaired) electrons. The highest BCUT2D eigenvalue weighted by molar-refractivity contribution is 6.09. The molecule has 1 aliphatic heterocycles. The number of hydrogen-bond acceptors (Lipinski definition) is 4. The maximum absolute atomic E-state index is 14.0. The quantitative estimate of drug-likeness (QED) is 0.245. The minimum absolute atomic E-state index is 0.161. The normalized spacial score (nSPS) is 17.3. The summed E-state index contributed by atoms with van der Waals surface area (Å²) in [5, 5.41) is 11.1. The Balaban J connectivity index is 1.34. The Morgan fingerprint density at radius 2 is 1.72 bits per heavy atom. The Hall–Kier alpha value is -4.44. The van der Waals surface area contributed by atoms with Crippen molar-refractivity contribution in [3.05, 3.63) is 102 Å². The lowest BCUT2D eigenvalue weighted by Crippen LogP contribution is -2.45. The van der Waals surface area contributed by atoms with E-state index in [4.69, 9.17) is 5.26 Å². The molecule has 7 heteroatoms. The van der Waals surface area contributed by atoms with Crippen LogP contribution in [0.5, 0.6) is 0 Å². The number of carbonyl (C=O) groups is 2. The van der Waals surface area contributed by atoms with Crippen LogP contribution in [0.2, 0.25) is 0 Å². The number of nitrogens with zero attached hydrogens (tertiary/aromatic N) is 5. The van der Waals surface area contributed by atoms with Crippen LogP contribution in [0.1, 0.15) is 55.5 Å². The highest BCUT2D eigenvalue weighted by atomic mass is 16.2. The number of aryl methyl sites for hydroxylation is 1. The van der Waals surface area contributed by atoms with Crippen LogP contribution in [0.4, 0.5) is 4.79 Å². The van der Waals surface area contributed by atoms with E-state index < -0.39 is 5.54 Å². The Bertz CT molecular complexity index is 1530. The maximum Gasteiger partial charge on any atom is 0.327 e. The Labute approximate surface area is 229 Å². The second-order valence-corrected chi connectivity index (χ2v) is 10.3. The predicted molar refractivity (Wildman–Crippen MR) is 151 cm³/mol. The van der Waals surface area contributed by atoms with Crippen molar-refractivity contribution in [3.8, 4) is 6.07 Å². The number of urea groups is 1. The van der Waals surface area contributed by atoms with Gasteiger partial charge in [-0.2, -0.15) is 5.26 Å². The molecule has 0 bridgehead atoms. The Morgan fingerprint density at radius 3 is 2.49 bits per heavy atom. The first-order chi connectivity index (χ1) is 19.0. The fraction of sp³-hybridized carbons (Fsp3) is 0.312. The second kappa shape index (κ2) is 11.1. The molecule has 0 spiro atoms. The molecule has 198 valence electrons. The molecular weight excluding hydrogens is 486 g/mol. The van der Waals surface area contributed by atoms with Crippen LogP contribution in [0.3, 0.4) is 0 Å². The van der Waals surface area contributed by atoms with E-state index in [0.717, 1.165) is 40.4 Å². The Kier molecular flexibility index (Phi) is 7.47. The van der Waals surface area contributed by atoms with Crippen LogP contribution in [-0.4, -0.2) is 44.4 Å². The number of unbranched alkanes of at least 4 members (excludes halogenated alkanes) is 1. The number of carbonyl (C=O) groups excluding carboxylic acids is 2. The first kappa shape index (κ1) is 26.2. The molecule has 1 aromatic heterocycles. The number of aromatic nitrogens is 2. The summed E-state index contributed by atoms with van der Waals surface area (Å²) in [5.41, 5.74) is 2.57. The van der Waals surface area contributed by atoms with Crippen LogP contribution in [-0.2, 0) is 23.3 Å². The van der Waals surface area contributed by atoms with Crippen molar-refractivity contribution >= 4 is 22.7 Å². The molecule has 1 unspecified atom stereocenters. The lowest BCUT2D eigenvalue weighted by Gasteiger charge is -2.33. The molecular formula is C32H33N5O2. The third-order valence-electron chi connectivity index (χ3n) is 7.76. The summed E-state index contributed by atoms with van der Waals surface area (Å²) in [5.74, 6) is -0.161. The zero-order valence-electron chi connectivity index (χ0n) is 22.5. The van der Waals surface area contributed by atoms with E-state index in [1.807, 2.05) is 79.9 Å². The van der Waals surface area contributed by atoms with Gasteiger partial charge in [-0.05, 0) is 60.2 Å². The van der Waals surface area contributed by atoms with Gasteiger partial charge in [0, 0.05) is 31.5 Å². The number of rotatable bonds is 10. The van der Waals surface area contributed by atoms with Gasteiger partial charge in [-0.3, -0.25) is 9.69 Å². The summed E-state index contributed by atoms with van der Waals surface area (Å²) in [6.07, 6.45) is 6.74. The molecule has 0 saturated carbocycles. The molecule has 3 amide bonds. The fourth-order valence-corrected chi connectivity index (χ4v) is 5.54. The number of hydrogen-bond donors (Lipinski definition) is 0. The molecule has 1 fully saturated rings. The summed E-state index contributed by atoms with van der Waals surface area (Å²) >= 11 is 0. The minimum atomic E-state index is -1.05. The maximum atomic E-state index is 14.0. The van der Waals surface area contributed by atoms with Gasteiger partial charge >= 0.3 is 6.03 Å². The van der Waals surface area contributed by atoms with Gasteiger partial charge in [0.25, 0.3) is 5.91 Å². The van der Waals surface area contributed by atoms with Gasteiger partial charge in [0.1, 0.15) is 5.54 Å². The number of amides is 3. The summed E-state index contributed by atoms with van der Waals surface area (Å²) in [4.78, 5) is 35.3. The fourth-order valence-electron chi connectivity index (χ4n) is 5.54. The minimum Gasteiger partial charge on any atom is -0.330 e. The first-order valence-corrected chi connectivity index (χ1v) is 13.6. The van der Waals surface area contributed by atoms with Crippen LogP contribution in [0, 0.1) is 11.3 Å². The summed E-state index contributed by atoms with van der Waals surface area (Å²) < 4.78 is 2.07. The van der Waals surface area contributed by atoms with Crippen molar-refractivity contribution < 1.29 is 9.59 Å². The molecule has 4 aromatic rings. The summed E-state index contributed by atoms with van der Waals surface area (Å²) in [6, 6.07) is 23.5. The number of imide groups is 1. The lowest BCUT2D eigenvalue weighted by atomic mass is 9.86. The highest BCUT2D eigenvalue weighted by Gasteiger charge is 2.55. The zero-order chi connectivity index (χ0) is 27.4. The van der Waals surface area contributed by atoms with Crippen molar-refractivity contribution in [1.29, 1.82) is 5.26 Å².